The number of aryl methyl sites for hydroxylation is 1. The Morgan fingerprint density at radius 1 is 1.14 bits per heavy atom. The van der Waals surface area contributed by atoms with Crippen molar-refractivity contribution in [3.05, 3.63) is 53.8 Å². The third-order valence-electron chi connectivity index (χ3n) is 4.61. The fraction of sp³-hybridized carbons (Fsp3) is 0.350. The summed E-state index contributed by atoms with van der Waals surface area (Å²) in [6, 6.07) is 10.4. The number of halogens is 1. The highest BCUT2D eigenvalue weighted by atomic mass is 32.2. The van der Waals surface area contributed by atoms with Gasteiger partial charge in [0.05, 0.1) is 10.6 Å². The third kappa shape index (κ3) is 4.69. The van der Waals surface area contributed by atoms with Crippen LogP contribution < -0.4 is 10.1 Å². The number of hydrogen-bond acceptors (Lipinski definition) is 4. The molecule has 1 fully saturated rings. The Morgan fingerprint density at radius 3 is 2.54 bits per heavy atom. The molecule has 28 heavy (non-hydrogen) atoms. The molecule has 0 aliphatic carbocycles. The smallest absolute Gasteiger partial charge is 0.262 e. The van der Waals surface area contributed by atoms with Crippen LogP contribution in [-0.2, 0) is 14.8 Å². The van der Waals surface area contributed by atoms with Crippen molar-refractivity contribution in [1.82, 2.24) is 4.31 Å². The first-order valence-electron chi connectivity index (χ1n) is 9.16. The van der Waals surface area contributed by atoms with E-state index < -0.39 is 21.7 Å². The highest BCUT2D eigenvalue weighted by Gasteiger charge is 2.26. The molecule has 0 radical (unpaired) electrons. The maximum absolute atomic E-state index is 13.6. The summed E-state index contributed by atoms with van der Waals surface area (Å²) in [5.41, 5.74) is 0.688. The number of piperidine rings is 1. The van der Waals surface area contributed by atoms with Crippen LogP contribution in [0.25, 0.3) is 0 Å². The van der Waals surface area contributed by atoms with Crippen LogP contribution in [0.3, 0.4) is 0 Å². The number of carbonyl (C=O) groups excluding carboxylic acids is 1. The number of amides is 1. The van der Waals surface area contributed by atoms with Gasteiger partial charge in [-0.05, 0) is 55.7 Å². The van der Waals surface area contributed by atoms with Gasteiger partial charge in [-0.2, -0.15) is 4.31 Å². The fourth-order valence-corrected chi connectivity index (χ4v) is 4.69. The minimum Gasteiger partial charge on any atom is -0.483 e. The predicted molar refractivity (Wildman–Crippen MR) is 104 cm³/mol. The van der Waals surface area contributed by atoms with E-state index in [-0.39, 0.29) is 17.2 Å². The van der Waals surface area contributed by atoms with Crippen molar-refractivity contribution in [1.29, 1.82) is 0 Å². The van der Waals surface area contributed by atoms with Gasteiger partial charge in [-0.25, -0.2) is 12.8 Å². The molecule has 1 N–H and O–H groups in total. The van der Waals surface area contributed by atoms with Gasteiger partial charge < -0.3 is 10.1 Å². The topological polar surface area (TPSA) is 75.7 Å². The lowest BCUT2D eigenvalue weighted by molar-refractivity contribution is -0.118. The van der Waals surface area contributed by atoms with E-state index >= 15 is 0 Å². The predicted octanol–water partition coefficient (Wildman–Crippen LogP) is 3.33. The molecule has 6 nitrogen and oxygen atoms in total. The van der Waals surface area contributed by atoms with Crippen LogP contribution in [0.4, 0.5) is 10.1 Å². The van der Waals surface area contributed by atoms with E-state index in [4.69, 9.17) is 4.74 Å². The molecule has 0 spiro atoms. The number of ether oxygens (including phenoxy) is 1. The Bertz CT molecular complexity index is 956. The number of benzene rings is 2. The molecular weight excluding hydrogens is 383 g/mol. The van der Waals surface area contributed by atoms with E-state index in [0.29, 0.717) is 24.4 Å². The molecule has 8 heteroatoms. The summed E-state index contributed by atoms with van der Waals surface area (Å²) in [7, 11) is -3.52. The number of carbonyl (C=O) groups is 1. The van der Waals surface area contributed by atoms with Crippen molar-refractivity contribution < 1.29 is 22.3 Å². The summed E-state index contributed by atoms with van der Waals surface area (Å²) in [5, 5.41) is 2.44. The van der Waals surface area contributed by atoms with Crippen LogP contribution >= 0.6 is 0 Å². The third-order valence-corrected chi connectivity index (χ3v) is 6.50. The second-order valence-electron chi connectivity index (χ2n) is 6.71. The molecule has 2 aromatic rings. The average Bonchev–Trinajstić information content (AvgIpc) is 2.69. The maximum Gasteiger partial charge on any atom is 0.262 e. The number of hydrogen-bond donors (Lipinski definition) is 1. The average molecular weight is 406 g/mol. The van der Waals surface area contributed by atoms with Gasteiger partial charge in [0.15, 0.2) is 6.61 Å². The number of para-hydroxylation sites is 1. The summed E-state index contributed by atoms with van der Waals surface area (Å²) >= 11 is 0. The van der Waals surface area contributed by atoms with Crippen molar-refractivity contribution >= 4 is 21.6 Å². The van der Waals surface area contributed by atoms with E-state index in [2.05, 4.69) is 5.32 Å². The molecule has 0 bridgehead atoms. The largest absolute Gasteiger partial charge is 0.483 e. The van der Waals surface area contributed by atoms with Gasteiger partial charge in [-0.3, -0.25) is 4.79 Å². The quantitative estimate of drug-likeness (QED) is 0.799. The van der Waals surface area contributed by atoms with E-state index in [1.54, 1.807) is 25.1 Å². The monoisotopic (exact) mass is 406 g/mol. The van der Waals surface area contributed by atoms with Gasteiger partial charge >= 0.3 is 0 Å². The molecule has 0 atom stereocenters. The van der Waals surface area contributed by atoms with Gasteiger partial charge in [-0.1, -0.05) is 18.6 Å². The number of sulfonamides is 1. The molecule has 1 heterocycles. The van der Waals surface area contributed by atoms with Crippen molar-refractivity contribution in [3.8, 4) is 5.75 Å². The maximum atomic E-state index is 13.6. The summed E-state index contributed by atoms with van der Waals surface area (Å²) in [6.07, 6.45) is 2.79. The number of nitrogens with zero attached hydrogens (tertiary/aromatic N) is 1. The zero-order valence-corrected chi connectivity index (χ0v) is 16.5. The molecule has 1 saturated heterocycles. The second kappa shape index (κ2) is 8.70. The van der Waals surface area contributed by atoms with Gasteiger partial charge in [0.25, 0.3) is 5.91 Å². The summed E-state index contributed by atoms with van der Waals surface area (Å²) in [4.78, 5) is 12.2. The van der Waals surface area contributed by atoms with Crippen LogP contribution in [0.5, 0.6) is 5.75 Å². The Balaban J connectivity index is 1.64. The lowest BCUT2D eigenvalue weighted by atomic mass is 10.2. The number of anilines is 1. The molecule has 150 valence electrons. The highest BCUT2D eigenvalue weighted by molar-refractivity contribution is 7.89. The van der Waals surface area contributed by atoms with E-state index in [1.807, 2.05) is 0 Å². The molecule has 0 aromatic heterocycles. The van der Waals surface area contributed by atoms with Crippen LogP contribution in [-0.4, -0.2) is 38.3 Å². The molecule has 0 unspecified atom stereocenters. The minimum atomic E-state index is -3.52. The summed E-state index contributed by atoms with van der Waals surface area (Å²) < 4.78 is 46.0. The fourth-order valence-electron chi connectivity index (χ4n) is 3.09. The van der Waals surface area contributed by atoms with Crippen molar-refractivity contribution in [2.45, 2.75) is 31.1 Å². The van der Waals surface area contributed by atoms with Crippen molar-refractivity contribution in [2.75, 3.05) is 25.0 Å². The first-order chi connectivity index (χ1) is 13.4. The van der Waals surface area contributed by atoms with Crippen molar-refractivity contribution in [2.24, 2.45) is 0 Å². The molecule has 3 rings (SSSR count). The van der Waals surface area contributed by atoms with Crippen LogP contribution in [0.2, 0.25) is 0 Å². The van der Waals surface area contributed by atoms with E-state index in [0.717, 1.165) is 19.3 Å². The molecule has 2 aromatic carbocycles. The highest BCUT2D eigenvalue weighted by Crippen LogP contribution is 2.26. The normalized spacial score (nSPS) is 15.2. The van der Waals surface area contributed by atoms with E-state index in [1.165, 1.54) is 28.6 Å². The minimum absolute atomic E-state index is 0.0794. The standard InChI is InChI=1S/C20H23FN2O4S/c1-15-13-16(28(25,26)23-11-5-2-6-12-23)9-10-19(15)27-14-20(24)22-18-8-4-3-7-17(18)21/h3-4,7-10,13H,2,5-6,11-12,14H2,1H3,(H,22,24). The van der Waals surface area contributed by atoms with Gasteiger partial charge in [0.2, 0.25) is 10.0 Å². The Morgan fingerprint density at radius 2 is 1.86 bits per heavy atom. The summed E-state index contributed by atoms with van der Waals surface area (Å²) in [5.74, 6) is -0.630. The second-order valence-corrected chi connectivity index (χ2v) is 8.65. The SMILES string of the molecule is Cc1cc(S(=O)(=O)N2CCCCC2)ccc1OCC(=O)Nc1ccccc1F. The summed E-state index contributed by atoms with van der Waals surface area (Å²) in [6.45, 7) is 2.48. The van der Waals surface area contributed by atoms with Crippen molar-refractivity contribution in [3.63, 3.8) is 0 Å². The number of nitrogens with one attached hydrogen (secondary N) is 1. The van der Waals surface area contributed by atoms with Gasteiger partial charge in [-0.15, -0.1) is 0 Å². The van der Waals surface area contributed by atoms with Crippen LogP contribution in [0, 0.1) is 12.7 Å². The first-order valence-corrected chi connectivity index (χ1v) is 10.6. The lowest BCUT2D eigenvalue weighted by Crippen LogP contribution is -2.35. The van der Waals surface area contributed by atoms with Crippen LogP contribution in [0.15, 0.2) is 47.4 Å². The van der Waals surface area contributed by atoms with Gasteiger partial charge in [0.1, 0.15) is 11.6 Å². The molecule has 0 saturated carbocycles. The number of rotatable bonds is 6. The molecule has 1 aliphatic rings. The zero-order valence-electron chi connectivity index (χ0n) is 15.7. The van der Waals surface area contributed by atoms with Crippen LogP contribution in [0.1, 0.15) is 24.8 Å². The Labute approximate surface area is 164 Å². The molecular formula is C20H23FN2O4S. The van der Waals surface area contributed by atoms with E-state index in [9.17, 15) is 17.6 Å². The Kier molecular flexibility index (Phi) is 6.31. The zero-order chi connectivity index (χ0) is 20.1. The first kappa shape index (κ1) is 20.3. The lowest BCUT2D eigenvalue weighted by Gasteiger charge is -2.26. The Hall–Kier alpha value is -2.45. The van der Waals surface area contributed by atoms with Gasteiger partial charge in [0, 0.05) is 13.1 Å². The molecule has 1 aliphatic heterocycles. The molecule has 1 amide bonds.